The van der Waals surface area contributed by atoms with Crippen molar-refractivity contribution in [1.82, 2.24) is 9.80 Å². The second kappa shape index (κ2) is 7.58. The van der Waals surface area contributed by atoms with Crippen LogP contribution in [0, 0.1) is 0 Å². The highest BCUT2D eigenvalue weighted by molar-refractivity contribution is 4.82. The van der Waals surface area contributed by atoms with Crippen LogP contribution in [0.5, 0.6) is 0 Å². The molecule has 0 bridgehead atoms. The van der Waals surface area contributed by atoms with Crippen molar-refractivity contribution in [3.63, 3.8) is 0 Å². The molecule has 112 valence electrons. The van der Waals surface area contributed by atoms with Crippen molar-refractivity contribution < 1.29 is 4.74 Å². The van der Waals surface area contributed by atoms with Crippen molar-refractivity contribution in [3.8, 4) is 0 Å². The Morgan fingerprint density at radius 1 is 1.32 bits per heavy atom. The van der Waals surface area contributed by atoms with E-state index in [1.165, 1.54) is 25.7 Å². The first-order valence-electron chi connectivity index (χ1n) is 8.00. The molecule has 1 saturated heterocycles. The number of hydrogen-bond acceptors (Lipinski definition) is 4. The van der Waals surface area contributed by atoms with Crippen LogP contribution in [0.15, 0.2) is 0 Å². The van der Waals surface area contributed by atoms with E-state index >= 15 is 0 Å². The molecule has 1 unspecified atom stereocenters. The largest absolute Gasteiger partial charge is 0.374 e. The number of nitrogens with two attached hydrogens (primary N) is 1. The molecule has 1 heterocycles. The monoisotopic (exact) mass is 269 g/mol. The predicted molar refractivity (Wildman–Crippen MR) is 79.3 cm³/mol. The van der Waals surface area contributed by atoms with Gasteiger partial charge in [-0.3, -0.25) is 9.80 Å². The van der Waals surface area contributed by atoms with Crippen LogP contribution in [0.1, 0.15) is 39.5 Å². The first-order valence-corrected chi connectivity index (χ1v) is 8.00. The summed E-state index contributed by atoms with van der Waals surface area (Å²) in [6, 6.07) is 1.38. The molecule has 2 fully saturated rings. The van der Waals surface area contributed by atoms with Crippen molar-refractivity contribution in [1.29, 1.82) is 0 Å². The predicted octanol–water partition coefficient (Wildman–Crippen LogP) is 1.30. The molecule has 0 radical (unpaired) electrons. The van der Waals surface area contributed by atoms with Crippen LogP contribution >= 0.6 is 0 Å². The van der Waals surface area contributed by atoms with Gasteiger partial charge in [-0.1, -0.05) is 12.8 Å². The smallest absolute Gasteiger partial charge is 0.0829 e. The average Bonchev–Trinajstić information content (AvgIpc) is 2.92. The summed E-state index contributed by atoms with van der Waals surface area (Å²) in [7, 11) is 0. The standard InChI is InChI=1S/C15H31N3O/c1-13(2)17-9-10-19-15(11-17)12-18(8-7-16)14-5-3-4-6-14/h13-15H,3-12,16H2,1-2H3. The van der Waals surface area contributed by atoms with Gasteiger partial charge in [-0.15, -0.1) is 0 Å². The first kappa shape index (κ1) is 15.2. The van der Waals surface area contributed by atoms with E-state index < -0.39 is 0 Å². The van der Waals surface area contributed by atoms with Gasteiger partial charge in [0.2, 0.25) is 0 Å². The van der Waals surface area contributed by atoms with Gasteiger partial charge >= 0.3 is 0 Å². The lowest BCUT2D eigenvalue weighted by Crippen LogP contribution is -2.51. The van der Waals surface area contributed by atoms with Gasteiger partial charge in [-0.25, -0.2) is 0 Å². The normalized spacial score (nSPS) is 26.7. The minimum Gasteiger partial charge on any atom is -0.374 e. The van der Waals surface area contributed by atoms with Crippen molar-refractivity contribution >= 4 is 0 Å². The van der Waals surface area contributed by atoms with Gasteiger partial charge in [0.1, 0.15) is 0 Å². The zero-order valence-corrected chi connectivity index (χ0v) is 12.7. The molecule has 2 N–H and O–H groups in total. The van der Waals surface area contributed by atoms with Gasteiger partial charge < -0.3 is 10.5 Å². The average molecular weight is 269 g/mol. The molecule has 0 aromatic heterocycles. The van der Waals surface area contributed by atoms with Crippen LogP contribution in [-0.4, -0.2) is 67.3 Å². The van der Waals surface area contributed by atoms with Crippen molar-refractivity contribution in [2.24, 2.45) is 5.73 Å². The fraction of sp³-hybridized carbons (Fsp3) is 1.00. The van der Waals surface area contributed by atoms with Crippen LogP contribution in [0.3, 0.4) is 0 Å². The van der Waals surface area contributed by atoms with E-state index in [0.29, 0.717) is 12.1 Å². The summed E-state index contributed by atoms with van der Waals surface area (Å²) in [6.45, 7) is 10.4. The minimum atomic E-state index is 0.364. The van der Waals surface area contributed by atoms with E-state index in [-0.39, 0.29) is 0 Å². The highest BCUT2D eigenvalue weighted by Crippen LogP contribution is 2.24. The summed E-state index contributed by atoms with van der Waals surface area (Å²) < 4.78 is 5.97. The highest BCUT2D eigenvalue weighted by Gasteiger charge is 2.28. The minimum absolute atomic E-state index is 0.364. The third kappa shape index (κ3) is 4.42. The molecule has 0 aromatic carbocycles. The van der Waals surface area contributed by atoms with E-state index in [4.69, 9.17) is 10.5 Å². The van der Waals surface area contributed by atoms with Gasteiger partial charge in [0, 0.05) is 44.8 Å². The molecule has 1 atom stereocenters. The Morgan fingerprint density at radius 3 is 2.68 bits per heavy atom. The summed E-state index contributed by atoms with van der Waals surface area (Å²) >= 11 is 0. The van der Waals surface area contributed by atoms with Gasteiger partial charge in [-0.05, 0) is 26.7 Å². The lowest BCUT2D eigenvalue weighted by molar-refractivity contribution is -0.0562. The molecular weight excluding hydrogens is 238 g/mol. The molecule has 4 heteroatoms. The third-order valence-electron chi connectivity index (χ3n) is 4.60. The Labute approximate surface area is 118 Å². The van der Waals surface area contributed by atoms with E-state index in [9.17, 15) is 0 Å². The maximum atomic E-state index is 5.97. The topological polar surface area (TPSA) is 41.7 Å². The number of nitrogens with zero attached hydrogens (tertiary/aromatic N) is 2. The second-order valence-corrected chi connectivity index (χ2v) is 6.30. The van der Waals surface area contributed by atoms with Crippen LogP contribution in [0.4, 0.5) is 0 Å². The molecule has 0 spiro atoms. The second-order valence-electron chi connectivity index (χ2n) is 6.30. The lowest BCUT2D eigenvalue weighted by Gasteiger charge is -2.39. The van der Waals surface area contributed by atoms with Crippen molar-refractivity contribution in [3.05, 3.63) is 0 Å². The molecule has 2 rings (SSSR count). The molecule has 0 amide bonds. The zero-order chi connectivity index (χ0) is 13.7. The van der Waals surface area contributed by atoms with Gasteiger partial charge in [-0.2, -0.15) is 0 Å². The van der Waals surface area contributed by atoms with E-state index in [0.717, 1.165) is 45.4 Å². The Balaban J connectivity index is 1.85. The van der Waals surface area contributed by atoms with Crippen LogP contribution < -0.4 is 5.73 Å². The Hall–Kier alpha value is -0.160. The molecule has 4 nitrogen and oxygen atoms in total. The number of rotatable bonds is 6. The molecule has 19 heavy (non-hydrogen) atoms. The van der Waals surface area contributed by atoms with Gasteiger partial charge in [0.15, 0.2) is 0 Å². The van der Waals surface area contributed by atoms with Gasteiger partial charge in [0.25, 0.3) is 0 Å². The van der Waals surface area contributed by atoms with Crippen molar-refractivity contribution in [2.75, 3.05) is 39.3 Å². The van der Waals surface area contributed by atoms with Crippen LogP contribution in [0.25, 0.3) is 0 Å². The molecular formula is C15H31N3O. The SMILES string of the molecule is CC(C)N1CCOC(CN(CCN)C2CCCC2)C1. The number of morpholine rings is 1. The summed E-state index contributed by atoms with van der Waals surface area (Å²) in [5.74, 6) is 0. The zero-order valence-electron chi connectivity index (χ0n) is 12.7. The molecule has 2 aliphatic rings. The fourth-order valence-electron chi connectivity index (χ4n) is 3.44. The highest BCUT2D eigenvalue weighted by atomic mass is 16.5. The van der Waals surface area contributed by atoms with E-state index in [1.807, 2.05) is 0 Å². The van der Waals surface area contributed by atoms with Crippen LogP contribution in [-0.2, 0) is 4.74 Å². The Kier molecular flexibility index (Phi) is 6.07. The first-order chi connectivity index (χ1) is 9.20. The maximum Gasteiger partial charge on any atom is 0.0829 e. The summed E-state index contributed by atoms with van der Waals surface area (Å²) in [5.41, 5.74) is 5.78. The lowest BCUT2D eigenvalue weighted by atomic mass is 10.1. The third-order valence-corrected chi connectivity index (χ3v) is 4.60. The van der Waals surface area contributed by atoms with E-state index in [2.05, 4.69) is 23.6 Å². The van der Waals surface area contributed by atoms with Gasteiger partial charge in [0.05, 0.1) is 12.7 Å². The Bertz CT molecular complexity index is 254. The summed E-state index contributed by atoms with van der Waals surface area (Å²) in [5, 5.41) is 0. The number of ether oxygens (including phenoxy) is 1. The maximum absolute atomic E-state index is 5.97. The van der Waals surface area contributed by atoms with E-state index in [1.54, 1.807) is 0 Å². The number of hydrogen-bond donors (Lipinski definition) is 1. The Morgan fingerprint density at radius 2 is 2.05 bits per heavy atom. The quantitative estimate of drug-likeness (QED) is 0.789. The fourth-order valence-corrected chi connectivity index (χ4v) is 3.44. The summed E-state index contributed by atoms with van der Waals surface area (Å²) in [4.78, 5) is 5.12. The molecule has 0 aromatic rings. The summed E-state index contributed by atoms with van der Waals surface area (Å²) in [6.07, 6.45) is 5.83. The van der Waals surface area contributed by atoms with Crippen LogP contribution in [0.2, 0.25) is 0 Å². The van der Waals surface area contributed by atoms with Crippen molar-refractivity contribution in [2.45, 2.75) is 57.7 Å². The molecule has 1 saturated carbocycles. The molecule has 1 aliphatic carbocycles. The molecule has 1 aliphatic heterocycles.